The molecule has 4 heteroatoms. The Kier molecular flexibility index (Phi) is 6.72. The van der Waals surface area contributed by atoms with Crippen molar-refractivity contribution in [1.82, 2.24) is 5.32 Å². The summed E-state index contributed by atoms with van der Waals surface area (Å²) in [4.78, 5) is 11.5. The van der Waals surface area contributed by atoms with E-state index in [9.17, 15) is 4.79 Å². The van der Waals surface area contributed by atoms with Gasteiger partial charge in [-0.25, -0.2) is 0 Å². The monoisotopic (exact) mass is 212 g/mol. The van der Waals surface area contributed by atoms with Gasteiger partial charge < -0.3 is 10.1 Å². The summed E-state index contributed by atoms with van der Waals surface area (Å²) in [5, 5.41) is 11.5. The Bertz CT molecular complexity index is 233. The van der Waals surface area contributed by atoms with Gasteiger partial charge in [-0.3, -0.25) is 4.79 Å². The summed E-state index contributed by atoms with van der Waals surface area (Å²) < 4.78 is 5.27. The van der Waals surface area contributed by atoms with E-state index in [1.54, 1.807) is 0 Å². The summed E-state index contributed by atoms with van der Waals surface area (Å²) in [6, 6.07) is 2.00. The van der Waals surface area contributed by atoms with E-state index in [1.807, 2.05) is 33.8 Å². The second kappa shape index (κ2) is 7.24. The molecule has 0 spiro atoms. The highest BCUT2D eigenvalue weighted by atomic mass is 16.5. The summed E-state index contributed by atoms with van der Waals surface area (Å²) in [6.45, 7) is 8.60. The molecule has 0 aliphatic carbocycles. The molecule has 0 aromatic rings. The predicted molar refractivity (Wildman–Crippen MR) is 58.0 cm³/mol. The lowest BCUT2D eigenvalue weighted by atomic mass is 9.97. The molecule has 0 bridgehead atoms. The molecule has 1 N–H and O–H groups in total. The topological polar surface area (TPSA) is 62.1 Å². The smallest absolute Gasteiger partial charge is 0.237 e. The SMILES string of the molecule is CCOC(C)CNC(=O)C(C#N)C(C)C. The number of amides is 1. The van der Waals surface area contributed by atoms with Gasteiger partial charge in [-0.1, -0.05) is 13.8 Å². The molecule has 0 radical (unpaired) electrons. The Morgan fingerprint density at radius 2 is 2.07 bits per heavy atom. The molecule has 2 unspecified atom stereocenters. The third-order valence-electron chi connectivity index (χ3n) is 2.10. The number of hydrogen-bond donors (Lipinski definition) is 1. The molecule has 0 heterocycles. The van der Waals surface area contributed by atoms with Crippen molar-refractivity contribution in [2.75, 3.05) is 13.2 Å². The van der Waals surface area contributed by atoms with E-state index >= 15 is 0 Å². The zero-order valence-electron chi connectivity index (χ0n) is 9.91. The van der Waals surface area contributed by atoms with Gasteiger partial charge in [-0.2, -0.15) is 5.26 Å². The molecule has 4 nitrogen and oxygen atoms in total. The maximum atomic E-state index is 11.5. The Balaban J connectivity index is 3.98. The molecule has 86 valence electrons. The van der Waals surface area contributed by atoms with Crippen LogP contribution < -0.4 is 5.32 Å². The van der Waals surface area contributed by atoms with Crippen LogP contribution >= 0.6 is 0 Å². The maximum Gasteiger partial charge on any atom is 0.237 e. The fourth-order valence-corrected chi connectivity index (χ4v) is 1.21. The first-order chi connectivity index (χ1) is 7.02. The zero-order valence-corrected chi connectivity index (χ0v) is 9.91. The second-order valence-corrected chi connectivity index (χ2v) is 3.86. The molecule has 0 aromatic heterocycles. The van der Waals surface area contributed by atoms with Gasteiger partial charge in [0.1, 0.15) is 5.92 Å². The highest BCUT2D eigenvalue weighted by molar-refractivity contribution is 5.81. The summed E-state index contributed by atoms with van der Waals surface area (Å²) >= 11 is 0. The van der Waals surface area contributed by atoms with Crippen molar-refractivity contribution in [3.05, 3.63) is 0 Å². The Hall–Kier alpha value is -1.08. The van der Waals surface area contributed by atoms with Gasteiger partial charge in [-0.05, 0) is 19.8 Å². The first kappa shape index (κ1) is 13.9. The van der Waals surface area contributed by atoms with Crippen LogP contribution in [-0.2, 0) is 9.53 Å². The first-order valence-electron chi connectivity index (χ1n) is 5.31. The Morgan fingerprint density at radius 3 is 2.47 bits per heavy atom. The molecule has 0 fully saturated rings. The van der Waals surface area contributed by atoms with Crippen molar-refractivity contribution >= 4 is 5.91 Å². The average molecular weight is 212 g/mol. The van der Waals surface area contributed by atoms with Crippen molar-refractivity contribution in [2.24, 2.45) is 11.8 Å². The van der Waals surface area contributed by atoms with Crippen LogP contribution in [0.25, 0.3) is 0 Å². The number of nitrogens with one attached hydrogen (secondary N) is 1. The third-order valence-corrected chi connectivity index (χ3v) is 2.10. The molecule has 2 atom stereocenters. The molecule has 15 heavy (non-hydrogen) atoms. The average Bonchev–Trinajstić information content (AvgIpc) is 2.15. The fraction of sp³-hybridized carbons (Fsp3) is 0.818. The van der Waals surface area contributed by atoms with Crippen molar-refractivity contribution in [3.8, 4) is 6.07 Å². The van der Waals surface area contributed by atoms with Crippen LogP contribution in [0, 0.1) is 23.2 Å². The lowest BCUT2D eigenvalue weighted by molar-refractivity contribution is -0.125. The minimum absolute atomic E-state index is 0.00884. The molecule has 0 rings (SSSR count). The number of nitrogens with zero attached hydrogens (tertiary/aromatic N) is 1. The van der Waals surface area contributed by atoms with E-state index in [0.717, 1.165) is 0 Å². The van der Waals surface area contributed by atoms with Gasteiger partial charge in [0.2, 0.25) is 5.91 Å². The van der Waals surface area contributed by atoms with E-state index in [2.05, 4.69) is 5.32 Å². The van der Waals surface area contributed by atoms with Crippen molar-refractivity contribution in [3.63, 3.8) is 0 Å². The quantitative estimate of drug-likeness (QED) is 0.722. The lowest BCUT2D eigenvalue weighted by Gasteiger charge is -2.16. The van der Waals surface area contributed by atoms with Gasteiger partial charge in [0.15, 0.2) is 0 Å². The van der Waals surface area contributed by atoms with E-state index in [0.29, 0.717) is 13.2 Å². The van der Waals surface area contributed by atoms with Gasteiger partial charge in [0.25, 0.3) is 0 Å². The highest BCUT2D eigenvalue weighted by Gasteiger charge is 2.21. The Labute approximate surface area is 91.6 Å². The van der Waals surface area contributed by atoms with Crippen molar-refractivity contribution < 1.29 is 9.53 Å². The van der Waals surface area contributed by atoms with Crippen LogP contribution in [0.4, 0.5) is 0 Å². The van der Waals surface area contributed by atoms with E-state index in [-0.39, 0.29) is 17.9 Å². The lowest BCUT2D eigenvalue weighted by Crippen LogP contribution is -2.37. The number of hydrogen-bond acceptors (Lipinski definition) is 3. The van der Waals surface area contributed by atoms with Crippen LogP contribution in [-0.4, -0.2) is 25.2 Å². The summed E-state index contributed by atoms with van der Waals surface area (Å²) in [6.07, 6.45) is -0.00884. The summed E-state index contributed by atoms with van der Waals surface area (Å²) in [5.74, 6) is -0.740. The van der Waals surface area contributed by atoms with E-state index in [1.165, 1.54) is 0 Å². The van der Waals surface area contributed by atoms with Gasteiger partial charge in [0, 0.05) is 13.2 Å². The molecule has 1 amide bonds. The second-order valence-electron chi connectivity index (χ2n) is 3.86. The predicted octanol–water partition coefficient (Wildman–Crippen LogP) is 1.32. The molecule has 0 aliphatic rings. The summed E-state index contributed by atoms with van der Waals surface area (Å²) in [5.41, 5.74) is 0. The van der Waals surface area contributed by atoms with Crippen molar-refractivity contribution in [1.29, 1.82) is 5.26 Å². The van der Waals surface area contributed by atoms with Gasteiger partial charge in [0.05, 0.1) is 12.2 Å². The fourth-order valence-electron chi connectivity index (χ4n) is 1.21. The van der Waals surface area contributed by atoms with E-state index in [4.69, 9.17) is 10.00 Å². The van der Waals surface area contributed by atoms with Crippen LogP contribution in [0.15, 0.2) is 0 Å². The summed E-state index contributed by atoms with van der Waals surface area (Å²) in [7, 11) is 0. The highest BCUT2D eigenvalue weighted by Crippen LogP contribution is 2.09. The van der Waals surface area contributed by atoms with Crippen molar-refractivity contribution in [2.45, 2.75) is 33.8 Å². The minimum Gasteiger partial charge on any atom is -0.377 e. The largest absolute Gasteiger partial charge is 0.377 e. The standard InChI is InChI=1S/C11H20N2O2/c1-5-15-9(4)7-13-11(14)10(6-12)8(2)3/h8-10H,5,7H2,1-4H3,(H,13,14). The van der Waals surface area contributed by atoms with Crippen LogP contribution in [0.5, 0.6) is 0 Å². The number of nitriles is 1. The number of carbonyl (C=O) groups excluding carboxylic acids is 1. The Morgan fingerprint density at radius 1 is 1.47 bits per heavy atom. The number of rotatable bonds is 6. The third kappa shape index (κ3) is 5.38. The van der Waals surface area contributed by atoms with Crippen LogP contribution in [0.2, 0.25) is 0 Å². The molecule has 0 saturated carbocycles. The van der Waals surface area contributed by atoms with Crippen LogP contribution in [0.1, 0.15) is 27.7 Å². The first-order valence-corrected chi connectivity index (χ1v) is 5.31. The van der Waals surface area contributed by atoms with Gasteiger partial charge in [-0.15, -0.1) is 0 Å². The molecule has 0 aromatic carbocycles. The maximum absolute atomic E-state index is 11.5. The van der Waals surface area contributed by atoms with Crippen LogP contribution in [0.3, 0.4) is 0 Å². The number of ether oxygens (including phenoxy) is 1. The normalized spacial score (nSPS) is 14.4. The van der Waals surface area contributed by atoms with Gasteiger partial charge >= 0.3 is 0 Å². The molecular weight excluding hydrogens is 192 g/mol. The minimum atomic E-state index is -0.571. The van der Waals surface area contributed by atoms with E-state index < -0.39 is 5.92 Å². The zero-order chi connectivity index (χ0) is 11.8. The number of carbonyl (C=O) groups is 1. The molecular formula is C11H20N2O2. The molecule has 0 aliphatic heterocycles. The molecule has 0 saturated heterocycles.